The van der Waals surface area contributed by atoms with Crippen molar-refractivity contribution in [2.75, 3.05) is 13.1 Å². The molecule has 1 aromatic carbocycles. The van der Waals surface area contributed by atoms with Crippen LogP contribution in [0.2, 0.25) is 0 Å². The van der Waals surface area contributed by atoms with Crippen LogP contribution < -0.4 is 0 Å². The lowest BCUT2D eigenvalue weighted by Gasteiger charge is -2.20. The van der Waals surface area contributed by atoms with Crippen molar-refractivity contribution in [1.82, 2.24) is 4.31 Å². The molecular formula is C13H13F4NO4S. The summed E-state index contributed by atoms with van der Waals surface area (Å²) < 4.78 is 76.6. The zero-order chi connectivity index (χ0) is 17.6. The van der Waals surface area contributed by atoms with Crippen molar-refractivity contribution in [3.05, 3.63) is 29.6 Å². The molecule has 0 aromatic heterocycles. The summed E-state index contributed by atoms with van der Waals surface area (Å²) in [6, 6.07) is 1.32. The van der Waals surface area contributed by atoms with E-state index in [0.717, 1.165) is 4.31 Å². The molecule has 1 aliphatic rings. The molecule has 1 atom stereocenters. The lowest BCUT2D eigenvalue weighted by atomic mass is 9.90. The molecule has 1 heterocycles. The molecule has 0 aliphatic carbocycles. The molecule has 1 N–H and O–H groups in total. The number of benzene rings is 1. The maximum absolute atomic E-state index is 13.5. The average Bonchev–Trinajstić information content (AvgIpc) is 2.82. The van der Waals surface area contributed by atoms with Crippen LogP contribution in [0.1, 0.15) is 18.9 Å². The number of sulfonamides is 1. The number of nitrogens with zero attached hydrogens (tertiary/aromatic N) is 1. The van der Waals surface area contributed by atoms with Crippen molar-refractivity contribution in [2.24, 2.45) is 5.41 Å². The first-order valence-electron chi connectivity index (χ1n) is 6.48. The zero-order valence-corrected chi connectivity index (χ0v) is 12.7. The van der Waals surface area contributed by atoms with Crippen molar-refractivity contribution in [3.8, 4) is 0 Å². The fourth-order valence-corrected chi connectivity index (χ4v) is 3.91. The van der Waals surface area contributed by atoms with Crippen LogP contribution in [0.15, 0.2) is 23.1 Å². The van der Waals surface area contributed by atoms with Gasteiger partial charge in [0.1, 0.15) is 5.82 Å². The Morgan fingerprint density at radius 2 is 1.96 bits per heavy atom. The largest absolute Gasteiger partial charge is 0.481 e. The lowest BCUT2D eigenvalue weighted by Crippen LogP contribution is -2.35. The lowest BCUT2D eigenvalue weighted by molar-refractivity contribution is -0.147. The third kappa shape index (κ3) is 3.18. The summed E-state index contributed by atoms with van der Waals surface area (Å²) in [6.45, 7) is 0.944. The minimum atomic E-state index is -4.93. The van der Waals surface area contributed by atoms with Crippen LogP contribution in [-0.2, 0) is 21.0 Å². The topological polar surface area (TPSA) is 74.7 Å². The highest BCUT2D eigenvalue weighted by Crippen LogP contribution is 2.36. The minimum Gasteiger partial charge on any atom is -0.481 e. The molecule has 0 spiro atoms. The molecule has 23 heavy (non-hydrogen) atoms. The molecule has 128 valence electrons. The number of carboxylic acids is 1. The molecule has 2 rings (SSSR count). The predicted octanol–water partition coefficient (Wildman–Crippen LogP) is 2.33. The highest BCUT2D eigenvalue weighted by Gasteiger charge is 2.45. The SMILES string of the molecule is CC1(C(=O)O)CCN(S(=O)(=O)c2ccc(C(F)(F)F)c(F)c2)C1. The van der Waals surface area contributed by atoms with Gasteiger partial charge in [0.2, 0.25) is 10.0 Å². The molecule has 10 heteroatoms. The van der Waals surface area contributed by atoms with E-state index in [1.54, 1.807) is 0 Å². The second-order valence-electron chi connectivity index (χ2n) is 5.59. The van der Waals surface area contributed by atoms with Gasteiger partial charge in [0.15, 0.2) is 0 Å². The highest BCUT2D eigenvalue weighted by atomic mass is 32.2. The number of aliphatic carboxylic acids is 1. The van der Waals surface area contributed by atoms with Gasteiger partial charge in [0.05, 0.1) is 15.9 Å². The Labute approximate surface area is 129 Å². The van der Waals surface area contributed by atoms with E-state index >= 15 is 0 Å². The Balaban J connectivity index is 2.35. The van der Waals surface area contributed by atoms with E-state index in [2.05, 4.69) is 0 Å². The van der Waals surface area contributed by atoms with Crippen molar-refractivity contribution in [1.29, 1.82) is 0 Å². The maximum Gasteiger partial charge on any atom is 0.419 e. The van der Waals surface area contributed by atoms with Gasteiger partial charge in [-0.25, -0.2) is 12.8 Å². The van der Waals surface area contributed by atoms with Gasteiger partial charge in [-0.05, 0) is 31.5 Å². The Morgan fingerprint density at radius 1 is 1.35 bits per heavy atom. The van der Waals surface area contributed by atoms with Crippen LogP contribution in [0.25, 0.3) is 0 Å². The van der Waals surface area contributed by atoms with Gasteiger partial charge in [0, 0.05) is 13.1 Å². The smallest absolute Gasteiger partial charge is 0.419 e. The number of hydrogen-bond acceptors (Lipinski definition) is 3. The number of hydrogen-bond donors (Lipinski definition) is 1. The van der Waals surface area contributed by atoms with Crippen LogP contribution in [0, 0.1) is 11.2 Å². The Morgan fingerprint density at radius 3 is 2.39 bits per heavy atom. The third-order valence-electron chi connectivity index (χ3n) is 3.84. The number of rotatable bonds is 3. The number of carboxylic acid groups (broad SMARTS) is 1. The fourth-order valence-electron chi connectivity index (χ4n) is 2.33. The van der Waals surface area contributed by atoms with Gasteiger partial charge >= 0.3 is 12.1 Å². The third-order valence-corrected chi connectivity index (χ3v) is 5.68. The number of carbonyl (C=O) groups is 1. The van der Waals surface area contributed by atoms with Gasteiger partial charge < -0.3 is 5.11 Å². The molecule has 0 radical (unpaired) electrons. The molecule has 0 saturated carbocycles. The van der Waals surface area contributed by atoms with Crippen molar-refractivity contribution in [2.45, 2.75) is 24.4 Å². The number of halogens is 4. The molecular weight excluding hydrogens is 342 g/mol. The summed E-state index contributed by atoms with van der Waals surface area (Å²) in [6.07, 6.45) is -4.87. The van der Waals surface area contributed by atoms with Crippen LogP contribution in [0.3, 0.4) is 0 Å². The Hall–Kier alpha value is -1.68. The predicted molar refractivity (Wildman–Crippen MR) is 70.5 cm³/mol. The fraction of sp³-hybridized carbons (Fsp3) is 0.462. The summed E-state index contributed by atoms with van der Waals surface area (Å²) in [5.74, 6) is -2.87. The molecule has 0 bridgehead atoms. The standard InChI is InChI=1S/C13H13F4NO4S/c1-12(11(19)20)4-5-18(7-12)23(21,22)8-2-3-9(10(14)6-8)13(15,16)17/h2-3,6H,4-5,7H2,1H3,(H,19,20). The van der Waals surface area contributed by atoms with Crippen LogP contribution in [0.4, 0.5) is 17.6 Å². The molecule has 1 fully saturated rings. The van der Waals surface area contributed by atoms with Gasteiger partial charge in [-0.2, -0.15) is 17.5 Å². The second kappa shape index (κ2) is 5.45. The maximum atomic E-state index is 13.5. The average molecular weight is 355 g/mol. The van der Waals surface area contributed by atoms with Gasteiger partial charge in [-0.1, -0.05) is 0 Å². The highest BCUT2D eigenvalue weighted by molar-refractivity contribution is 7.89. The Kier molecular flexibility index (Phi) is 4.18. The monoisotopic (exact) mass is 355 g/mol. The van der Waals surface area contributed by atoms with E-state index in [1.165, 1.54) is 6.92 Å². The molecule has 1 unspecified atom stereocenters. The van der Waals surface area contributed by atoms with Gasteiger partial charge in [-0.15, -0.1) is 0 Å². The van der Waals surface area contributed by atoms with E-state index in [4.69, 9.17) is 5.11 Å². The zero-order valence-electron chi connectivity index (χ0n) is 11.9. The van der Waals surface area contributed by atoms with Crippen molar-refractivity contribution >= 4 is 16.0 Å². The van der Waals surface area contributed by atoms with E-state index in [-0.39, 0.29) is 19.5 Å². The molecule has 1 saturated heterocycles. The molecule has 1 aromatic rings. The first kappa shape index (κ1) is 17.7. The van der Waals surface area contributed by atoms with E-state index < -0.39 is 43.9 Å². The molecule has 0 amide bonds. The minimum absolute atomic E-state index is 0.0602. The molecule has 1 aliphatic heterocycles. The first-order valence-corrected chi connectivity index (χ1v) is 7.92. The number of alkyl halides is 3. The second-order valence-corrected chi connectivity index (χ2v) is 7.53. The van der Waals surface area contributed by atoms with E-state index in [9.17, 15) is 30.8 Å². The van der Waals surface area contributed by atoms with Crippen molar-refractivity contribution < 1.29 is 35.9 Å². The van der Waals surface area contributed by atoms with Crippen molar-refractivity contribution in [3.63, 3.8) is 0 Å². The van der Waals surface area contributed by atoms with Crippen LogP contribution in [-0.4, -0.2) is 36.9 Å². The summed E-state index contributed by atoms with van der Waals surface area (Å²) in [5, 5.41) is 9.09. The summed E-state index contributed by atoms with van der Waals surface area (Å²) >= 11 is 0. The van der Waals surface area contributed by atoms with Gasteiger partial charge in [0.25, 0.3) is 0 Å². The summed E-state index contributed by atoms with van der Waals surface area (Å²) in [7, 11) is -4.27. The van der Waals surface area contributed by atoms with Gasteiger partial charge in [-0.3, -0.25) is 4.79 Å². The Bertz CT molecular complexity index is 747. The van der Waals surface area contributed by atoms with Crippen LogP contribution in [0.5, 0.6) is 0 Å². The van der Waals surface area contributed by atoms with Crippen LogP contribution >= 0.6 is 0 Å². The van der Waals surface area contributed by atoms with E-state index in [1.807, 2.05) is 0 Å². The summed E-state index contributed by atoms with van der Waals surface area (Å²) in [4.78, 5) is 10.5. The normalized spacial score (nSPS) is 23.2. The van der Waals surface area contributed by atoms with E-state index in [0.29, 0.717) is 18.2 Å². The first-order chi connectivity index (χ1) is 10.4. The quantitative estimate of drug-likeness (QED) is 0.845. The molecule has 5 nitrogen and oxygen atoms in total. The summed E-state index contributed by atoms with van der Waals surface area (Å²) in [5.41, 5.74) is -2.84.